The van der Waals surface area contributed by atoms with Gasteiger partial charge in [-0.2, -0.15) is 0 Å². The normalized spacial score (nSPS) is 17.0. The number of nitrogens with one attached hydrogen (secondary N) is 1. The second-order valence-electron chi connectivity index (χ2n) is 12.1. The van der Waals surface area contributed by atoms with Crippen LogP contribution in [0.3, 0.4) is 0 Å². The van der Waals surface area contributed by atoms with Crippen LogP contribution in [-0.4, -0.2) is 39.8 Å². The summed E-state index contributed by atoms with van der Waals surface area (Å²) in [7, 11) is -0.723. The van der Waals surface area contributed by atoms with Gasteiger partial charge < -0.3 is 23.2 Å². The Morgan fingerprint density at radius 2 is 1.57 bits per heavy atom. The molecule has 9 heteroatoms. The molecule has 0 radical (unpaired) electrons. The van der Waals surface area contributed by atoms with E-state index in [0.717, 1.165) is 16.6 Å². The Balaban J connectivity index is 1.55. The van der Waals surface area contributed by atoms with Gasteiger partial charge in [0.25, 0.3) is 0 Å². The summed E-state index contributed by atoms with van der Waals surface area (Å²) in [6.07, 6.45) is -0.539. The molecule has 1 fully saturated rings. The molecule has 1 amide bonds. The maximum atomic E-state index is 12.4. The number of hydrogen-bond acceptors (Lipinski definition) is 6. The first-order valence-electron chi connectivity index (χ1n) is 12.7. The first-order valence-corrected chi connectivity index (χ1v) is 15.6. The highest BCUT2D eigenvalue weighted by molar-refractivity contribution is 6.74. The summed E-state index contributed by atoms with van der Waals surface area (Å²) in [5, 5.41) is 2.93. The van der Waals surface area contributed by atoms with E-state index in [2.05, 4.69) is 39.2 Å². The van der Waals surface area contributed by atoms with Crippen LogP contribution in [0.5, 0.6) is 5.75 Å². The zero-order valence-electron chi connectivity index (χ0n) is 24.0. The van der Waals surface area contributed by atoms with E-state index < -0.39 is 32.7 Å². The summed E-state index contributed by atoms with van der Waals surface area (Å²) in [5.74, 6) is 0.603. The smallest absolute Gasteiger partial charge is 0.494 e. The lowest BCUT2D eigenvalue weighted by atomic mass is 9.78. The fraction of sp³-hybridized carbons (Fsp3) is 0.536. The monoisotopic (exact) mass is 527 g/mol. The van der Waals surface area contributed by atoms with Crippen molar-refractivity contribution in [1.82, 2.24) is 0 Å². The van der Waals surface area contributed by atoms with Gasteiger partial charge in [0.15, 0.2) is 8.32 Å². The minimum atomic E-state index is -1.82. The van der Waals surface area contributed by atoms with Crippen LogP contribution in [0, 0.1) is 0 Å². The van der Waals surface area contributed by atoms with Crippen molar-refractivity contribution >= 4 is 32.7 Å². The molecule has 37 heavy (non-hydrogen) atoms. The van der Waals surface area contributed by atoms with E-state index >= 15 is 0 Å². The van der Waals surface area contributed by atoms with Crippen LogP contribution in [0.2, 0.25) is 18.1 Å². The predicted molar refractivity (Wildman–Crippen MR) is 151 cm³/mol. The van der Waals surface area contributed by atoms with Gasteiger partial charge in [0.05, 0.1) is 24.9 Å². The molecule has 1 aliphatic rings. The van der Waals surface area contributed by atoms with Crippen LogP contribution >= 0.6 is 0 Å². The molecule has 1 heterocycles. The first-order chi connectivity index (χ1) is 17.0. The van der Waals surface area contributed by atoms with Crippen LogP contribution in [0.1, 0.15) is 59.6 Å². The number of ether oxygens (including phenoxy) is 2. The van der Waals surface area contributed by atoms with Crippen molar-refractivity contribution < 1.29 is 28.0 Å². The van der Waals surface area contributed by atoms with Crippen molar-refractivity contribution in [2.45, 2.75) is 91.0 Å². The molecule has 0 saturated carbocycles. The third kappa shape index (κ3) is 6.96. The number of carbonyl (C=O) groups is 1. The Kier molecular flexibility index (Phi) is 8.54. The Bertz CT molecular complexity index is 1080. The Morgan fingerprint density at radius 3 is 2.11 bits per heavy atom. The Morgan fingerprint density at radius 1 is 0.973 bits per heavy atom. The predicted octanol–water partition coefficient (Wildman–Crippen LogP) is 6.26. The van der Waals surface area contributed by atoms with E-state index in [9.17, 15) is 4.79 Å². The molecule has 0 unspecified atom stereocenters. The highest BCUT2D eigenvalue weighted by Crippen LogP contribution is 2.38. The van der Waals surface area contributed by atoms with Crippen molar-refractivity contribution in [3.63, 3.8) is 0 Å². The number of rotatable bonds is 8. The van der Waals surface area contributed by atoms with Crippen molar-refractivity contribution in [2.75, 3.05) is 12.4 Å². The summed E-state index contributed by atoms with van der Waals surface area (Å²) in [6.45, 7) is 19.8. The van der Waals surface area contributed by atoms with Crippen LogP contribution in [0.15, 0.2) is 42.5 Å². The molecule has 2 aromatic carbocycles. The molecule has 0 atom stereocenters. The van der Waals surface area contributed by atoms with E-state index in [1.807, 2.05) is 70.2 Å². The number of carbonyl (C=O) groups excluding carboxylic acids is 1. The van der Waals surface area contributed by atoms with Crippen LogP contribution in [0.25, 0.3) is 0 Å². The van der Waals surface area contributed by atoms with Gasteiger partial charge in [0.1, 0.15) is 12.4 Å². The molecule has 1 N–H and O–H groups in total. The molecule has 0 bridgehead atoms. The highest BCUT2D eigenvalue weighted by Gasteiger charge is 2.51. The van der Waals surface area contributed by atoms with Crippen molar-refractivity contribution in [3.8, 4) is 5.75 Å². The number of methoxy groups -OCH3 is 1. The molecular formula is C28H42BNO6Si. The minimum absolute atomic E-state index is 0.0666. The van der Waals surface area contributed by atoms with Crippen molar-refractivity contribution in [3.05, 3.63) is 53.6 Å². The van der Waals surface area contributed by atoms with Gasteiger partial charge in [-0.05, 0) is 75.1 Å². The second kappa shape index (κ2) is 10.8. The van der Waals surface area contributed by atoms with Gasteiger partial charge >= 0.3 is 13.2 Å². The lowest BCUT2D eigenvalue weighted by Crippen LogP contribution is -2.41. The zero-order chi connectivity index (χ0) is 27.6. The largest absolute Gasteiger partial charge is 0.496 e. The molecule has 0 aromatic heterocycles. The molecular weight excluding hydrogens is 485 g/mol. The van der Waals surface area contributed by atoms with Crippen LogP contribution in [-0.2, 0) is 31.7 Å². The molecule has 2 aromatic rings. The molecule has 7 nitrogen and oxygen atoms in total. The number of amides is 1. The summed E-state index contributed by atoms with van der Waals surface area (Å²) >= 11 is 0. The van der Waals surface area contributed by atoms with Gasteiger partial charge in [0.2, 0.25) is 0 Å². The van der Waals surface area contributed by atoms with Crippen LogP contribution in [0.4, 0.5) is 10.5 Å². The molecule has 1 saturated heterocycles. The quantitative estimate of drug-likeness (QED) is 0.408. The summed E-state index contributed by atoms with van der Waals surface area (Å²) in [5.41, 5.74) is 2.46. The molecule has 0 aliphatic carbocycles. The Labute approximate surface area is 223 Å². The lowest BCUT2D eigenvalue weighted by Gasteiger charge is -2.36. The van der Waals surface area contributed by atoms with Crippen molar-refractivity contribution in [2.24, 2.45) is 0 Å². The summed E-state index contributed by atoms with van der Waals surface area (Å²) in [4.78, 5) is 12.4. The minimum Gasteiger partial charge on any atom is -0.496 e. The molecule has 1 aliphatic heterocycles. The molecule has 3 rings (SSSR count). The molecule has 0 spiro atoms. The standard InChI is InChI=1S/C28H42BNO6Si/c1-26(2,3)37(9,10)34-18-20-11-15-23(16-12-20)30-25(31)33-19-21-13-14-22(17-24(21)32-8)29-35-27(4,5)28(6,7)36-29/h11-17H,18-19H2,1-10H3,(H,30,31). The van der Waals surface area contributed by atoms with Gasteiger partial charge in [-0.15, -0.1) is 0 Å². The maximum absolute atomic E-state index is 12.4. The summed E-state index contributed by atoms with van der Waals surface area (Å²) in [6, 6.07) is 13.3. The number of hydrogen-bond donors (Lipinski definition) is 1. The van der Waals surface area contributed by atoms with Gasteiger partial charge in [-0.1, -0.05) is 45.0 Å². The molecule has 202 valence electrons. The van der Waals surface area contributed by atoms with E-state index in [4.69, 9.17) is 23.2 Å². The number of benzene rings is 2. The first kappa shape index (κ1) is 29.2. The zero-order valence-corrected chi connectivity index (χ0v) is 25.0. The van der Waals surface area contributed by atoms with E-state index in [1.54, 1.807) is 7.11 Å². The number of anilines is 1. The van der Waals surface area contributed by atoms with Crippen molar-refractivity contribution in [1.29, 1.82) is 0 Å². The van der Waals surface area contributed by atoms with Gasteiger partial charge in [0, 0.05) is 11.3 Å². The van der Waals surface area contributed by atoms with Gasteiger partial charge in [-0.25, -0.2) is 4.79 Å². The third-order valence-corrected chi connectivity index (χ3v) is 12.3. The average molecular weight is 528 g/mol. The van der Waals surface area contributed by atoms with Gasteiger partial charge in [-0.3, -0.25) is 5.32 Å². The fourth-order valence-electron chi connectivity index (χ4n) is 3.47. The Hall–Kier alpha value is -2.33. The second-order valence-corrected chi connectivity index (χ2v) is 16.9. The lowest BCUT2D eigenvalue weighted by molar-refractivity contribution is 0.00578. The average Bonchev–Trinajstić information content (AvgIpc) is 3.03. The third-order valence-electron chi connectivity index (χ3n) is 7.80. The SMILES string of the molecule is COc1cc(B2OC(C)(C)C(C)(C)O2)ccc1COC(=O)Nc1ccc(CO[Si](C)(C)C(C)(C)C)cc1. The van der Waals surface area contributed by atoms with E-state index in [-0.39, 0.29) is 11.6 Å². The fourth-order valence-corrected chi connectivity index (χ4v) is 4.43. The summed E-state index contributed by atoms with van der Waals surface area (Å²) < 4.78 is 29.5. The maximum Gasteiger partial charge on any atom is 0.494 e. The van der Waals surface area contributed by atoms with E-state index in [1.165, 1.54) is 0 Å². The highest BCUT2D eigenvalue weighted by atomic mass is 28.4. The topological polar surface area (TPSA) is 75.2 Å². The van der Waals surface area contributed by atoms with E-state index in [0.29, 0.717) is 18.0 Å². The van der Waals surface area contributed by atoms with Crippen LogP contribution < -0.4 is 15.5 Å².